The number of benzene rings is 1. The lowest BCUT2D eigenvalue weighted by Gasteiger charge is -2.53. The molecule has 0 bridgehead atoms. The van der Waals surface area contributed by atoms with Crippen LogP contribution in [0.25, 0.3) is 11.3 Å². The number of rotatable bonds is 2. The van der Waals surface area contributed by atoms with Gasteiger partial charge in [-0.15, -0.1) is 12.4 Å². The van der Waals surface area contributed by atoms with Gasteiger partial charge in [-0.25, -0.2) is 0 Å². The van der Waals surface area contributed by atoms with Gasteiger partial charge in [0.05, 0.1) is 29.2 Å². The van der Waals surface area contributed by atoms with Gasteiger partial charge in [-0.3, -0.25) is 24.1 Å². The summed E-state index contributed by atoms with van der Waals surface area (Å²) in [5, 5.41) is 43.9. The van der Waals surface area contributed by atoms with E-state index in [4.69, 9.17) is 5.73 Å². The van der Waals surface area contributed by atoms with Crippen LogP contribution in [0.15, 0.2) is 30.4 Å². The summed E-state index contributed by atoms with van der Waals surface area (Å²) in [6, 6.07) is 2.86. The number of phenolic OH excluding ortho intramolecular Hbond substituents is 1. The summed E-state index contributed by atoms with van der Waals surface area (Å²) in [6.07, 6.45) is -1.72. The number of phenols is 1. The fraction of sp³-hybridized carbons (Fsp3) is 0.364. The molecule has 1 unspecified atom stereocenters. The van der Waals surface area contributed by atoms with Crippen molar-refractivity contribution in [1.29, 1.82) is 0 Å². The minimum absolute atomic E-state index is 0. The first-order chi connectivity index (χ1) is 14.9. The third kappa shape index (κ3) is 2.91. The van der Waals surface area contributed by atoms with Gasteiger partial charge in [0.2, 0.25) is 11.7 Å². The molecule has 2 fully saturated rings. The molecule has 4 rings (SSSR count). The Labute approximate surface area is 194 Å². The Morgan fingerprint density at radius 3 is 2.33 bits per heavy atom. The highest BCUT2D eigenvalue weighted by Crippen LogP contribution is 2.54. The molecule has 1 amide bonds. The van der Waals surface area contributed by atoms with Crippen LogP contribution in [0.2, 0.25) is 0 Å². The van der Waals surface area contributed by atoms with Crippen LogP contribution in [0.3, 0.4) is 0 Å². The smallest absolute Gasteiger partial charge is 0.235 e. The van der Waals surface area contributed by atoms with Gasteiger partial charge in [-0.1, -0.05) is 18.7 Å². The van der Waals surface area contributed by atoms with E-state index in [1.807, 2.05) is 0 Å². The van der Waals surface area contributed by atoms with Crippen molar-refractivity contribution in [2.24, 2.45) is 23.5 Å². The third-order valence-electron chi connectivity index (χ3n) is 6.74. The Bertz CT molecular complexity index is 1160. The number of aliphatic hydroxyl groups excluding tert-OH is 2. The van der Waals surface area contributed by atoms with Gasteiger partial charge in [0.25, 0.3) is 0 Å². The van der Waals surface area contributed by atoms with E-state index in [0.29, 0.717) is 0 Å². The maximum absolute atomic E-state index is 13.6. The molecule has 3 aliphatic carbocycles. The van der Waals surface area contributed by atoms with Crippen molar-refractivity contribution in [2.45, 2.75) is 17.7 Å². The Kier molecular flexibility index (Phi) is 5.79. The summed E-state index contributed by atoms with van der Waals surface area (Å²) < 4.78 is 0. The largest absolute Gasteiger partial charge is 0.507 e. The molecule has 0 spiro atoms. The number of likely N-dealkylation sites (N-methyl/N-ethyl adjacent to an activating group) is 1. The first-order valence-corrected chi connectivity index (χ1v) is 9.81. The SMILES string of the molecule is C=C1c2cccc(O)c2C(O)=C2C(=O)[C@]3(O)C(=O)C(C(N)=O)C(=O)[C@@H](N(C)C)[C@@H]3[C@@H](O)[C@H]12.Cl. The summed E-state index contributed by atoms with van der Waals surface area (Å²) >= 11 is 0. The second-order valence-corrected chi connectivity index (χ2v) is 8.59. The molecular formula is C22H23ClN2O8. The zero-order valence-electron chi connectivity index (χ0n) is 17.7. The van der Waals surface area contributed by atoms with Crippen LogP contribution in [-0.2, 0) is 19.2 Å². The van der Waals surface area contributed by atoms with Crippen molar-refractivity contribution in [2.75, 3.05) is 14.1 Å². The highest BCUT2D eigenvalue weighted by atomic mass is 35.5. The summed E-state index contributed by atoms with van der Waals surface area (Å²) in [5.74, 6) is -11.1. The van der Waals surface area contributed by atoms with Gasteiger partial charge in [0.1, 0.15) is 11.5 Å². The molecule has 2 saturated carbocycles. The highest BCUT2D eigenvalue weighted by Gasteiger charge is 2.71. The second-order valence-electron chi connectivity index (χ2n) is 8.59. The van der Waals surface area contributed by atoms with E-state index < -0.39 is 70.1 Å². The van der Waals surface area contributed by atoms with E-state index in [0.717, 1.165) is 0 Å². The maximum atomic E-state index is 13.6. The van der Waals surface area contributed by atoms with E-state index >= 15 is 0 Å². The van der Waals surface area contributed by atoms with Crippen LogP contribution < -0.4 is 5.73 Å². The van der Waals surface area contributed by atoms with E-state index in [1.54, 1.807) is 0 Å². The average molecular weight is 479 g/mol. The Morgan fingerprint density at radius 2 is 1.79 bits per heavy atom. The molecule has 0 heterocycles. The third-order valence-corrected chi connectivity index (χ3v) is 6.74. The lowest BCUT2D eigenvalue weighted by atomic mass is 9.53. The molecule has 33 heavy (non-hydrogen) atoms. The highest BCUT2D eigenvalue weighted by molar-refractivity contribution is 6.33. The fourth-order valence-corrected chi connectivity index (χ4v) is 5.35. The number of hydrogen-bond acceptors (Lipinski definition) is 9. The normalized spacial score (nSPS) is 33.3. The summed E-state index contributed by atoms with van der Waals surface area (Å²) in [4.78, 5) is 52.9. The van der Waals surface area contributed by atoms with Crippen LogP contribution >= 0.6 is 12.4 Å². The number of primary amides is 1. The zero-order valence-corrected chi connectivity index (χ0v) is 18.5. The lowest BCUT2D eigenvalue weighted by molar-refractivity contribution is -0.185. The minimum atomic E-state index is -3.01. The van der Waals surface area contributed by atoms with Gasteiger partial charge in [-0.2, -0.15) is 0 Å². The molecule has 6 N–H and O–H groups in total. The fourth-order valence-electron chi connectivity index (χ4n) is 5.35. The number of carbonyl (C=O) groups excluding carboxylic acids is 4. The van der Waals surface area contributed by atoms with Gasteiger partial charge in [0, 0.05) is 5.92 Å². The summed E-state index contributed by atoms with van der Waals surface area (Å²) in [6.45, 7) is 3.90. The van der Waals surface area contributed by atoms with Gasteiger partial charge < -0.3 is 26.2 Å². The first-order valence-electron chi connectivity index (χ1n) is 9.81. The van der Waals surface area contributed by atoms with E-state index in [1.165, 1.54) is 37.2 Å². The molecule has 176 valence electrons. The van der Waals surface area contributed by atoms with Crippen molar-refractivity contribution in [1.82, 2.24) is 4.90 Å². The van der Waals surface area contributed by atoms with E-state index in [-0.39, 0.29) is 34.9 Å². The number of amides is 1. The molecule has 0 aromatic heterocycles. The second kappa shape index (κ2) is 7.77. The molecule has 0 aliphatic heterocycles. The molecule has 6 atom stereocenters. The molecule has 10 nitrogen and oxygen atoms in total. The van der Waals surface area contributed by atoms with Crippen LogP contribution in [0, 0.1) is 17.8 Å². The number of fused-ring (bicyclic) bond motifs is 3. The van der Waals surface area contributed by atoms with E-state index in [2.05, 4.69) is 6.58 Å². The molecule has 1 aromatic rings. The first kappa shape index (κ1) is 24.6. The monoisotopic (exact) mass is 478 g/mol. The summed E-state index contributed by atoms with van der Waals surface area (Å²) in [7, 11) is 2.86. The average Bonchev–Trinajstić information content (AvgIpc) is 2.70. The quantitative estimate of drug-likeness (QED) is 0.340. The molecular weight excluding hydrogens is 456 g/mol. The number of nitrogens with zero attached hydrogens (tertiary/aromatic N) is 1. The van der Waals surface area contributed by atoms with Gasteiger partial charge in [-0.05, 0) is 31.3 Å². The van der Waals surface area contributed by atoms with Gasteiger partial charge >= 0.3 is 0 Å². The molecule has 3 aliphatic rings. The zero-order chi connectivity index (χ0) is 23.9. The predicted octanol–water partition coefficient (Wildman–Crippen LogP) is -0.799. The topological polar surface area (TPSA) is 178 Å². The maximum Gasteiger partial charge on any atom is 0.235 e. The van der Waals surface area contributed by atoms with Crippen LogP contribution in [0.4, 0.5) is 0 Å². The van der Waals surface area contributed by atoms with E-state index in [9.17, 15) is 39.6 Å². The molecule has 1 aromatic carbocycles. The standard InChI is InChI=1S/C22H22N2O8.ClH/c1-7-8-5-4-6-9(25)11(8)16(26)12-10(7)17(27)14-15(24(2)3)18(28)13(21(23)31)20(30)22(14,32)19(12)29;/h4-6,10,13-15,17,25-27,32H,1H2,2-3H3,(H2,23,31);1H/t10-,13?,14-,15+,17+,22+;/m1./s1. The van der Waals surface area contributed by atoms with Crippen LogP contribution in [-0.4, -0.2) is 80.4 Å². The van der Waals surface area contributed by atoms with Crippen molar-refractivity contribution >= 4 is 47.0 Å². The van der Waals surface area contributed by atoms with Crippen molar-refractivity contribution < 1.29 is 39.6 Å². The number of halogens is 1. The molecule has 0 radical (unpaired) electrons. The summed E-state index contributed by atoms with van der Waals surface area (Å²) in [5.41, 5.74) is 1.98. The van der Waals surface area contributed by atoms with Crippen molar-refractivity contribution in [3.8, 4) is 5.75 Å². The predicted molar refractivity (Wildman–Crippen MR) is 117 cm³/mol. The Balaban J connectivity index is 0.00000306. The molecule has 0 saturated heterocycles. The van der Waals surface area contributed by atoms with Crippen LogP contribution in [0.5, 0.6) is 5.75 Å². The van der Waals surface area contributed by atoms with Crippen molar-refractivity contribution in [3.05, 3.63) is 41.5 Å². The number of Topliss-reactive ketones (excluding diaryl/α,β-unsaturated/α-hetero) is 3. The Morgan fingerprint density at radius 1 is 1.18 bits per heavy atom. The number of aliphatic hydroxyl groups is 3. The molecule has 11 heteroatoms. The number of carbonyl (C=O) groups is 4. The lowest BCUT2D eigenvalue weighted by Crippen LogP contribution is -2.75. The number of nitrogens with two attached hydrogens (primary N) is 1. The number of ketones is 3. The number of hydrogen-bond donors (Lipinski definition) is 5. The van der Waals surface area contributed by atoms with Crippen LogP contribution in [0.1, 0.15) is 11.1 Å². The van der Waals surface area contributed by atoms with Crippen molar-refractivity contribution in [3.63, 3.8) is 0 Å². The Hall–Kier alpha value is -3.05. The minimum Gasteiger partial charge on any atom is -0.507 e. The van der Waals surface area contributed by atoms with Gasteiger partial charge in [0.15, 0.2) is 23.1 Å². The number of aromatic hydroxyl groups is 1.